The highest BCUT2D eigenvalue weighted by Crippen LogP contribution is 2.13. The lowest BCUT2D eigenvalue weighted by Gasteiger charge is -2.11. The quantitative estimate of drug-likeness (QED) is 0.470. The van der Waals surface area contributed by atoms with Crippen LogP contribution < -0.4 is 15.8 Å². The molecule has 0 aliphatic carbocycles. The van der Waals surface area contributed by atoms with Crippen LogP contribution in [0.4, 0.5) is 16.4 Å². The summed E-state index contributed by atoms with van der Waals surface area (Å²) >= 11 is 0. The first-order valence-electron chi connectivity index (χ1n) is 7.09. The molecule has 2 N–H and O–H groups in total. The molecular weight excluding hydrogens is 328 g/mol. The number of urea groups is 1. The van der Waals surface area contributed by atoms with E-state index in [1.165, 1.54) is 18.3 Å². The molecule has 0 unspecified atom stereocenters. The molecular formula is C15H16N6O4. The maximum Gasteiger partial charge on any atom is 0.433 e. The van der Waals surface area contributed by atoms with Crippen LogP contribution in [0, 0.1) is 10.1 Å². The minimum atomic E-state index is -0.669. The van der Waals surface area contributed by atoms with Crippen molar-refractivity contribution in [3.05, 3.63) is 57.8 Å². The van der Waals surface area contributed by atoms with Crippen LogP contribution in [0.25, 0.3) is 0 Å². The number of carbonyl (C=O) groups is 1. The van der Waals surface area contributed by atoms with Gasteiger partial charge in [-0.15, -0.1) is 0 Å². The number of anilines is 1. The van der Waals surface area contributed by atoms with Gasteiger partial charge in [-0.2, -0.15) is 10.2 Å². The SMILES string of the molecule is CN(C)c1ccc(/C=N/NC(=O)N/N=C\c2ccc([N+](=O)[O-])o2)cc1. The molecule has 0 bridgehead atoms. The smallest absolute Gasteiger partial charge is 0.400 e. The van der Waals surface area contributed by atoms with Crippen LogP contribution in [-0.2, 0) is 0 Å². The molecule has 130 valence electrons. The molecule has 2 aromatic rings. The van der Waals surface area contributed by atoms with E-state index in [2.05, 4.69) is 21.1 Å². The Bertz CT molecular complexity index is 795. The summed E-state index contributed by atoms with van der Waals surface area (Å²) in [5.74, 6) is -0.271. The molecule has 2 rings (SSSR count). The van der Waals surface area contributed by atoms with Crippen molar-refractivity contribution in [3.63, 3.8) is 0 Å². The normalized spacial score (nSPS) is 11.0. The van der Waals surface area contributed by atoms with E-state index in [1.807, 2.05) is 43.3 Å². The van der Waals surface area contributed by atoms with E-state index in [0.717, 1.165) is 17.5 Å². The summed E-state index contributed by atoms with van der Waals surface area (Å²) in [6.45, 7) is 0. The summed E-state index contributed by atoms with van der Waals surface area (Å²) in [6.07, 6.45) is 2.62. The second kappa shape index (κ2) is 8.24. The standard InChI is InChI=1S/C15H16N6O4/c1-20(2)12-5-3-11(4-6-12)9-16-18-15(22)19-17-10-13-7-8-14(25-13)21(23)24/h3-10H,1-2H3,(H2,18,19,22)/b16-9+,17-10-. The third kappa shape index (κ3) is 5.46. The van der Waals surface area contributed by atoms with E-state index >= 15 is 0 Å². The number of nitrogens with zero attached hydrogens (tertiary/aromatic N) is 4. The maximum absolute atomic E-state index is 11.5. The second-order valence-electron chi connectivity index (χ2n) is 4.99. The fraction of sp³-hybridized carbons (Fsp3) is 0.133. The number of hydrogen-bond donors (Lipinski definition) is 2. The summed E-state index contributed by atoms with van der Waals surface area (Å²) in [5.41, 5.74) is 6.25. The van der Waals surface area contributed by atoms with Gasteiger partial charge in [-0.1, -0.05) is 12.1 Å². The largest absolute Gasteiger partial charge is 0.433 e. The topological polar surface area (TPSA) is 125 Å². The predicted molar refractivity (Wildman–Crippen MR) is 93.0 cm³/mol. The number of amides is 2. The molecule has 10 nitrogen and oxygen atoms in total. The van der Waals surface area contributed by atoms with Crippen LogP contribution in [0.3, 0.4) is 0 Å². The Labute approximate surface area is 143 Å². The average molecular weight is 344 g/mol. The van der Waals surface area contributed by atoms with Crippen LogP contribution in [-0.4, -0.2) is 37.5 Å². The van der Waals surface area contributed by atoms with E-state index in [1.54, 1.807) is 0 Å². The molecule has 1 aromatic heterocycles. The van der Waals surface area contributed by atoms with Gasteiger partial charge in [0.25, 0.3) is 0 Å². The van der Waals surface area contributed by atoms with Crippen LogP contribution >= 0.6 is 0 Å². The van der Waals surface area contributed by atoms with Crippen LogP contribution in [0.5, 0.6) is 0 Å². The van der Waals surface area contributed by atoms with Gasteiger partial charge in [0.2, 0.25) is 0 Å². The third-order valence-electron chi connectivity index (χ3n) is 2.94. The molecule has 25 heavy (non-hydrogen) atoms. The van der Waals surface area contributed by atoms with Gasteiger partial charge in [-0.3, -0.25) is 10.1 Å². The van der Waals surface area contributed by atoms with E-state index in [4.69, 9.17) is 4.42 Å². The molecule has 1 aromatic carbocycles. The predicted octanol–water partition coefficient (Wildman–Crippen LogP) is 1.92. The Morgan fingerprint density at radius 2 is 1.76 bits per heavy atom. The average Bonchev–Trinajstić information content (AvgIpc) is 3.04. The number of benzene rings is 1. The van der Waals surface area contributed by atoms with Crippen LogP contribution in [0.15, 0.2) is 51.0 Å². The molecule has 10 heteroatoms. The van der Waals surface area contributed by atoms with Crippen molar-refractivity contribution in [1.82, 2.24) is 10.9 Å². The maximum atomic E-state index is 11.5. The first-order chi connectivity index (χ1) is 12.0. The summed E-state index contributed by atoms with van der Waals surface area (Å²) in [6, 6.07) is 9.45. The summed E-state index contributed by atoms with van der Waals surface area (Å²) in [4.78, 5) is 23.2. The van der Waals surface area contributed by atoms with Gasteiger partial charge in [-0.25, -0.2) is 15.6 Å². The molecule has 0 saturated heterocycles. The van der Waals surface area contributed by atoms with Crippen molar-refractivity contribution in [3.8, 4) is 0 Å². The lowest BCUT2D eigenvalue weighted by Crippen LogP contribution is -2.28. The summed E-state index contributed by atoms with van der Waals surface area (Å²) in [5, 5.41) is 17.8. The number of furan rings is 1. The Hall–Kier alpha value is -3.69. The summed E-state index contributed by atoms with van der Waals surface area (Å²) < 4.78 is 4.84. The Morgan fingerprint density at radius 3 is 2.32 bits per heavy atom. The van der Waals surface area contributed by atoms with Gasteiger partial charge < -0.3 is 9.32 Å². The molecule has 0 saturated carbocycles. The van der Waals surface area contributed by atoms with Gasteiger partial charge in [0, 0.05) is 19.8 Å². The molecule has 0 aliphatic heterocycles. The number of hydrogen-bond acceptors (Lipinski definition) is 7. The second-order valence-corrected chi connectivity index (χ2v) is 4.99. The van der Waals surface area contributed by atoms with Crippen molar-refractivity contribution >= 4 is 30.0 Å². The number of rotatable bonds is 6. The van der Waals surface area contributed by atoms with Gasteiger partial charge in [0.1, 0.15) is 4.92 Å². The van der Waals surface area contributed by atoms with Crippen molar-refractivity contribution in [1.29, 1.82) is 0 Å². The molecule has 2 amide bonds. The Kier molecular flexibility index (Phi) is 5.82. The first kappa shape index (κ1) is 17.7. The van der Waals surface area contributed by atoms with Gasteiger partial charge in [0.15, 0.2) is 5.76 Å². The van der Waals surface area contributed by atoms with E-state index in [9.17, 15) is 14.9 Å². The van der Waals surface area contributed by atoms with Crippen molar-refractivity contribution in [2.75, 3.05) is 19.0 Å². The highest BCUT2D eigenvalue weighted by molar-refractivity contribution is 5.83. The number of nitro groups is 1. The minimum Gasteiger partial charge on any atom is -0.400 e. The summed E-state index contributed by atoms with van der Waals surface area (Å²) in [7, 11) is 3.88. The minimum absolute atomic E-state index is 0.136. The number of nitrogens with one attached hydrogen (secondary N) is 2. The van der Waals surface area contributed by atoms with E-state index in [0.29, 0.717) is 0 Å². The fourth-order valence-electron chi connectivity index (χ4n) is 1.71. The molecule has 0 atom stereocenters. The number of carbonyl (C=O) groups excluding carboxylic acids is 1. The van der Waals surface area contributed by atoms with E-state index in [-0.39, 0.29) is 5.76 Å². The lowest BCUT2D eigenvalue weighted by atomic mass is 10.2. The van der Waals surface area contributed by atoms with Gasteiger partial charge in [0.05, 0.1) is 18.5 Å². The zero-order chi connectivity index (χ0) is 18.2. The van der Waals surface area contributed by atoms with Gasteiger partial charge in [-0.05, 0) is 23.8 Å². The van der Waals surface area contributed by atoms with Crippen LogP contribution in [0.1, 0.15) is 11.3 Å². The lowest BCUT2D eigenvalue weighted by molar-refractivity contribution is -0.402. The monoisotopic (exact) mass is 344 g/mol. The zero-order valence-corrected chi connectivity index (χ0v) is 13.5. The third-order valence-corrected chi connectivity index (χ3v) is 2.94. The molecule has 0 radical (unpaired) electrons. The van der Waals surface area contributed by atoms with Crippen molar-refractivity contribution in [2.24, 2.45) is 10.2 Å². The van der Waals surface area contributed by atoms with Gasteiger partial charge >= 0.3 is 11.9 Å². The molecule has 1 heterocycles. The molecule has 0 spiro atoms. The fourth-order valence-corrected chi connectivity index (χ4v) is 1.71. The molecule has 0 fully saturated rings. The Balaban J connectivity index is 1.79. The number of hydrazone groups is 2. The zero-order valence-electron chi connectivity index (χ0n) is 13.5. The van der Waals surface area contributed by atoms with Crippen molar-refractivity contribution in [2.45, 2.75) is 0 Å². The van der Waals surface area contributed by atoms with Crippen molar-refractivity contribution < 1.29 is 14.1 Å². The Morgan fingerprint density at radius 1 is 1.12 bits per heavy atom. The highest BCUT2D eigenvalue weighted by Gasteiger charge is 2.10. The van der Waals surface area contributed by atoms with E-state index < -0.39 is 16.8 Å². The first-order valence-corrected chi connectivity index (χ1v) is 7.09. The van der Waals surface area contributed by atoms with Crippen LogP contribution in [0.2, 0.25) is 0 Å². The highest BCUT2D eigenvalue weighted by atomic mass is 16.6. The molecule has 0 aliphatic rings.